The summed E-state index contributed by atoms with van der Waals surface area (Å²) in [7, 11) is 1.35. The van der Waals surface area contributed by atoms with Gasteiger partial charge in [0, 0.05) is 0 Å². The molecule has 0 saturated heterocycles. The van der Waals surface area contributed by atoms with E-state index in [2.05, 4.69) is 4.98 Å². The molecule has 0 amide bonds. The van der Waals surface area contributed by atoms with Crippen LogP contribution < -0.4 is 4.74 Å². The average molecular weight is 202 g/mol. The number of nitrogens with zero attached hydrogens (tertiary/aromatic N) is 1. The molecule has 70 valence electrons. The van der Waals surface area contributed by atoms with E-state index in [1.54, 1.807) is 6.92 Å². The molecule has 0 fully saturated rings. The number of hydrogen-bond acceptors (Lipinski definition) is 3. The smallest absolute Gasteiger partial charge is 0.341 e. The van der Waals surface area contributed by atoms with Gasteiger partial charge in [0.25, 0.3) is 0 Å². The summed E-state index contributed by atoms with van der Waals surface area (Å²) in [6, 6.07) is 1.43. The summed E-state index contributed by atoms with van der Waals surface area (Å²) in [5.74, 6) is -1.05. The molecule has 1 N–H and O–H groups in total. The van der Waals surface area contributed by atoms with Gasteiger partial charge in [-0.05, 0) is 18.6 Å². The molecule has 1 rings (SSSR count). The van der Waals surface area contributed by atoms with Gasteiger partial charge in [0.1, 0.15) is 10.7 Å². The third-order valence-corrected chi connectivity index (χ3v) is 1.92. The predicted molar refractivity (Wildman–Crippen MR) is 47.5 cm³/mol. The highest BCUT2D eigenvalue weighted by Gasteiger charge is 2.14. The summed E-state index contributed by atoms with van der Waals surface area (Å²) >= 11 is 5.69. The Hall–Kier alpha value is -1.29. The lowest BCUT2D eigenvalue weighted by molar-refractivity contribution is 0.0692. The van der Waals surface area contributed by atoms with Crippen LogP contribution in [0.1, 0.15) is 15.9 Å². The van der Waals surface area contributed by atoms with Crippen LogP contribution in [0, 0.1) is 6.92 Å². The second kappa shape index (κ2) is 3.62. The largest absolute Gasteiger partial charge is 0.480 e. The summed E-state index contributed by atoms with van der Waals surface area (Å²) < 4.78 is 4.77. The fraction of sp³-hybridized carbons (Fsp3) is 0.250. The first kappa shape index (κ1) is 9.80. The van der Waals surface area contributed by atoms with Gasteiger partial charge in [-0.2, -0.15) is 0 Å². The second-order valence-electron chi connectivity index (χ2n) is 2.46. The monoisotopic (exact) mass is 201 g/mol. The Kier molecular flexibility index (Phi) is 2.72. The van der Waals surface area contributed by atoms with E-state index >= 15 is 0 Å². The van der Waals surface area contributed by atoms with Crippen molar-refractivity contribution >= 4 is 17.6 Å². The van der Waals surface area contributed by atoms with Crippen LogP contribution in [0.5, 0.6) is 5.88 Å². The summed E-state index contributed by atoms with van der Waals surface area (Å²) in [5.41, 5.74) is 0.629. The number of carboxylic acid groups (broad SMARTS) is 1. The van der Waals surface area contributed by atoms with Crippen molar-refractivity contribution in [3.8, 4) is 5.88 Å². The van der Waals surface area contributed by atoms with E-state index in [0.717, 1.165) is 0 Å². The SMILES string of the molecule is COc1nc(Cl)c(C)cc1C(=O)O. The highest BCUT2D eigenvalue weighted by atomic mass is 35.5. The minimum Gasteiger partial charge on any atom is -0.480 e. The summed E-state index contributed by atoms with van der Waals surface area (Å²) in [4.78, 5) is 14.5. The van der Waals surface area contributed by atoms with Crippen molar-refractivity contribution < 1.29 is 14.6 Å². The molecule has 1 aromatic rings. The first-order valence-electron chi connectivity index (χ1n) is 3.50. The maximum atomic E-state index is 10.7. The molecular formula is C8H8ClNO3. The summed E-state index contributed by atoms with van der Waals surface area (Å²) in [6.45, 7) is 1.68. The normalized spacial score (nSPS) is 9.77. The van der Waals surface area contributed by atoms with Crippen molar-refractivity contribution in [1.29, 1.82) is 0 Å². The first-order valence-corrected chi connectivity index (χ1v) is 3.88. The Morgan fingerprint density at radius 3 is 2.77 bits per heavy atom. The number of halogens is 1. The number of carboxylic acids is 1. The molecule has 1 aromatic heterocycles. The summed E-state index contributed by atoms with van der Waals surface area (Å²) in [6.07, 6.45) is 0. The molecule has 1 heterocycles. The fourth-order valence-electron chi connectivity index (χ4n) is 0.884. The molecule has 0 saturated carbocycles. The molecular weight excluding hydrogens is 194 g/mol. The zero-order valence-electron chi connectivity index (χ0n) is 7.17. The minimum absolute atomic E-state index is 0.0180. The Morgan fingerprint density at radius 1 is 1.69 bits per heavy atom. The number of rotatable bonds is 2. The van der Waals surface area contributed by atoms with Crippen molar-refractivity contribution in [2.45, 2.75) is 6.92 Å². The van der Waals surface area contributed by atoms with Gasteiger partial charge < -0.3 is 9.84 Å². The van der Waals surface area contributed by atoms with Gasteiger partial charge in [0.15, 0.2) is 0 Å². The van der Waals surface area contributed by atoms with Crippen molar-refractivity contribution in [3.63, 3.8) is 0 Å². The number of hydrogen-bond donors (Lipinski definition) is 1. The maximum absolute atomic E-state index is 10.7. The lowest BCUT2D eigenvalue weighted by Crippen LogP contribution is -2.03. The van der Waals surface area contributed by atoms with Crippen LogP contribution in [0.15, 0.2) is 6.07 Å². The molecule has 0 aliphatic heterocycles. The van der Waals surface area contributed by atoms with Gasteiger partial charge in [-0.15, -0.1) is 0 Å². The quantitative estimate of drug-likeness (QED) is 0.741. The number of methoxy groups -OCH3 is 1. The van der Waals surface area contributed by atoms with Gasteiger partial charge in [0.2, 0.25) is 5.88 Å². The molecule has 13 heavy (non-hydrogen) atoms. The molecule has 0 radical (unpaired) electrons. The Labute approximate surface area is 80.1 Å². The van der Waals surface area contributed by atoms with Crippen LogP contribution in [-0.2, 0) is 0 Å². The van der Waals surface area contributed by atoms with Gasteiger partial charge in [-0.25, -0.2) is 9.78 Å². The Bertz CT molecular complexity index is 351. The fourth-order valence-corrected chi connectivity index (χ4v) is 1.02. The molecule has 0 bridgehead atoms. The van der Waals surface area contributed by atoms with Crippen LogP contribution in [0.2, 0.25) is 5.15 Å². The van der Waals surface area contributed by atoms with Crippen molar-refractivity contribution in [3.05, 3.63) is 22.3 Å². The van der Waals surface area contributed by atoms with Crippen LogP contribution in [0.3, 0.4) is 0 Å². The lowest BCUT2D eigenvalue weighted by Gasteiger charge is -2.05. The van der Waals surface area contributed by atoms with E-state index in [0.29, 0.717) is 5.56 Å². The van der Waals surface area contributed by atoms with E-state index in [1.165, 1.54) is 13.2 Å². The van der Waals surface area contributed by atoms with Crippen molar-refractivity contribution in [1.82, 2.24) is 4.98 Å². The van der Waals surface area contributed by atoms with Gasteiger partial charge in [0.05, 0.1) is 7.11 Å². The molecule has 5 heteroatoms. The third-order valence-electron chi connectivity index (χ3n) is 1.54. The molecule has 0 atom stereocenters. The molecule has 0 aliphatic carbocycles. The second-order valence-corrected chi connectivity index (χ2v) is 2.82. The standard InChI is InChI=1S/C8H8ClNO3/c1-4-3-5(8(11)12)7(13-2)10-6(4)9/h3H,1-2H3,(H,11,12). The maximum Gasteiger partial charge on any atom is 0.341 e. The first-order chi connectivity index (χ1) is 6.06. The topological polar surface area (TPSA) is 59.4 Å². The Balaban J connectivity index is 3.33. The number of aromatic nitrogens is 1. The van der Waals surface area contributed by atoms with Crippen molar-refractivity contribution in [2.24, 2.45) is 0 Å². The highest BCUT2D eigenvalue weighted by molar-refractivity contribution is 6.30. The van der Waals surface area contributed by atoms with Crippen molar-refractivity contribution in [2.75, 3.05) is 7.11 Å². The highest BCUT2D eigenvalue weighted by Crippen LogP contribution is 2.22. The van der Waals surface area contributed by atoms with Gasteiger partial charge >= 0.3 is 5.97 Å². The Morgan fingerprint density at radius 2 is 2.31 bits per heavy atom. The lowest BCUT2D eigenvalue weighted by atomic mass is 10.2. The van der Waals surface area contributed by atoms with E-state index < -0.39 is 5.97 Å². The van der Waals surface area contributed by atoms with Crippen LogP contribution in [0.4, 0.5) is 0 Å². The molecule has 4 nitrogen and oxygen atoms in total. The zero-order chi connectivity index (χ0) is 10.0. The van der Waals surface area contributed by atoms with Crippen LogP contribution in [-0.4, -0.2) is 23.2 Å². The van der Waals surface area contributed by atoms with Gasteiger partial charge in [-0.3, -0.25) is 0 Å². The number of carbonyl (C=O) groups is 1. The van der Waals surface area contributed by atoms with E-state index in [1.807, 2.05) is 0 Å². The zero-order valence-corrected chi connectivity index (χ0v) is 7.92. The molecule has 0 spiro atoms. The third kappa shape index (κ3) is 1.89. The molecule has 0 aliphatic rings. The molecule has 0 unspecified atom stereocenters. The number of pyridine rings is 1. The van der Waals surface area contributed by atoms with Crippen LogP contribution in [0.25, 0.3) is 0 Å². The number of aryl methyl sites for hydroxylation is 1. The number of ether oxygens (including phenoxy) is 1. The average Bonchev–Trinajstić information content (AvgIpc) is 2.08. The van der Waals surface area contributed by atoms with Gasteiger partial charge in [-0.1, -0.05) is 11.6 Å². The van der Waals surface area contributed by atoms with E-state index in [9.17, 15) is 4.79 Å². The summed E-state index contributed by atoms with van der Waals surface area (Å²) in [5, 5.41) is 9.00. The number of aromatic carboxylic acids is 1. The van der Waals surface area contributed by atoms with Crippen LogP contribution >= 0.6 is 11.6 Å². The van der Waals surface area contributed by atoms with E-state index in [-0.39, 0.29) is 16.6 Å². The predicted octanol–water partition coefficient (Wildman–Crippen LogP) is 1.75. The minimum atomic E-state index is -1.08. The van der Waals surface area contributed by atoms with E-state index in [4.69, 9.17) is 21.4 Å². The molecule has 0 aromatic carbocycles.